The summed E-state index contributed by atoms with van der Waals surface area (Å²) >= 11 is 0. The van der Waals surface area contributed by atoms with Gasteiger partial charge in [-0.2, -0.15) is 8.42 Å². The minimum atomic E-state index is -5.07. The van der Waals surface area contributed by atoms with Gasteiger partial charge in [-0.15, -0.1) is 0 Å². The molecule has 9 heavy (non-hydrogen) atoms. The zero-order chi connectivity index (χ0) is 7.65. The van der Waals surface area contributed by atoms with E-state index < -0.39 is 21.6 Å². The smallest absolute Gasteiger partial charge is 0.356 e. The number of halogens is 1. The lowest BCUT2D eigenvalue weighted by Crippen LogP contribution is -2.24. The van der Waals surface area contributed by atoms with E-state index >= 15 is 0 Å². The highest BCUT2D eigenvalue weighted by Crippen LogP contribution is 1.98. The monoisotopic (exact) mass is 158 g/mol. The summed E-state index contributed by atoms with van der Waals surface area (Å²) in [6.07, 6.45) is 0. The number of aliphatic carboxylic acids is 1. The standard InChI is InChI=1S/C2H3FO5S/c3-1(2(4)5)9(6,7)8/h1H,(H,4,5)(H,6,7,8). The van der Waals surface area contributed by atoms with Crippen LogP contribution >= 0.6 is 0 Å². The number of carbonyl (C=O) groups is 1. The Labute approximate surface area is 49.9 Å². The van der Waals surface area contributed by atoms with Gasteiger partial charge in [0.15, 0.2) is 0 Å². The molecule has 0 saturated heterocycles. The molecule has 5 nitrogen and oxygen atoms in total. The van der Waals surface area contributed by atoms with E-state index in [2.05, 4.69) is 0 Å². The summed E-state index contributed by atoms with van der Waals surface area (Å²) in [5.74, 6) is -2.22. The first kappa shape index (κ1) is 8.31. The Morgan fingerprint density at radius 3 is 1.89 bits per heavy atom. The highest BCUT2D eigenvalue weighted by Gasteiger charge is 2.29. The molecule has 0 heterocycles. The molecule has 0 radical (unpaired) electrons. The van der Waals surface area contributed by atoms with Crippen LogP contribution in [0.2, 0.25) is 0 Å². The molecule has 0 saturated carbocycles. The summed E-state index contributed by atoms with van der Waals surface area (Å²) in [5.41, 5.74) is -3.24. The summed E-state index contributed by atoms with van der Waals surface area (Å²) in [5, 5.41) is 7.60. The first-order valence-electron chi connectivity index (χ1n) is 1.69. The summed E-state index contributed by atoms with van der Waals surface area (Å²) in [6, 6.07) is 0. The maximum atomic E-state index is 11.6. The van der Waals surface area contributed by atoms with Crippen LogP contribution in [0.5, 0.6) is 0 Å². The molecule has 1 unspecified atom stereocenters. The van der Waals surface area contributed by atoms with Crippen LogP contribution in [0.25, 0.3) is 0 Å². The third kappa shape index (κ3) is 2.38. The molecule has 0 aliphatic heterocycles. The molecule has 7 heteroatoms. The summed E-state index contributed by atoms with van der Waals surface area (Å²) in [7, 11) is -5.07. The number of hydrogen-bond acceptors (Lipinski definition) is 3. The van der Waals surface area contributed by atoms with Crippen LogP contribution in [0, 0.1) is 0 Å². The lowest BCUT2D eigenvalue weighted by Gasteiger charge is -1.94. The van der Waals surface area contributed by atoms with Crippen LogP contribution in [0.1, 0.15) is 0 Å². The lowest BCUT2D eigenvalue weighted by atomic mass is 10.8. The second-order valence-corrected chi connectivity index (χ2v) is 2.61. The van der Waals surface area contributed by atoms with Gasteiger partial charge in [0.25, 0.3) is 0 Å². The molecule has 0 fully saturated rings. The van der Waals surface area contributed by atoms with E-state index in [1.807, 2.05) is 0 Å². The molecule has 2 N–H and O–H groups in total. The van der Waals surface area contributed by atoms with E-state index in [1.165, 1.54) is 0 Å². The minimum absolute atomic E-state index is 2.22. The van der Waals surface area contributed by atoms with Gasteiger partial charge in [0.1, 0.15) is 0 Å². The van der Waals surface area contributed by atoms with Gasteiger partial charge in [-0.25, -0.2) is 9.18 Å². The van der Waals surface area contributed by atoms with Gasteiger partial charge in [0.2, 0.25) is 0 Å². The summed E-state index contributed by atoms with van der Waals surface area (Å²) in [6.45, 7) is 0. The second kappa shape index (κ2) is 2.28. The first-order valence-corrected chi connectivity index (χ1v) is 3.19. The molecular formula is C2H3FO5S. The van der Waals surface area contributed by atoms with Crippen molar-refractivity contribution in [2.45, 2.75) is 5.50 Å². The molecule has 0 aromatic carbocycles. The van der Waals surface area contributed by atoms with Gasteiger partial charge in [-0.05, 0) is 0 Å². The average molecular weight is 158 g/mol. The van der Waals surface area contributed by atoms with Crippen molar-refractivity contribution in [2.75, 3.05) is 0 Å². The minimum Gasteiger partial charge on any atom is -0.478 e. The largest absolute Gasteiger partial charge is 0.478 e. The molecule has 0 aromatic rings. The second-order valence-electron chi connectivity index (χ2n) is 1.17. The zero-order valence-electron chi connectivity index (χ0n) is 3.98. The van der Waals surface area contributed by atoms with Crippen LogP contribution in [-0.4, -0.2) is 29.6 Å². The number of alkyl halides is 1. The van der Waals surface area contributed by atoms with E-state index in [0.29, 0.717) is 0 Å². The van der Waals surface area contributed by atoms with E-state index in [-0.39, 0.29) is 0 Å². The van der Waals surface area contributed by atoms with Crippen LogP contribution in [0.3, 0.4) is 0 Å². The van der Waals surface area contributed by atoms with Crippen molar-refractivity contribution in [3.05, 3.63) is 0 Å². The van der Waals surface area contributed by atoms with Gasteiger partial charge >= 0.3 is 21.6 Å². The van der Waals surface area contributed by atoms with Crippen molar-refractivity contribution in [3.8, 4) is 0 Å². The van der Waals surface area contributed by atoms with Gasteiger partial charge in [0, 0.05) is 0 Å². The number of rotatable bonds is 2. The maximum Gasteiger partial charge on any atom is 0.356 e. The Kier molecular flexibility index (Phi) is 2.10. The average Bonchev–Trinajstić information content (AvgIpc) is 1.62. The SMILES string of the molecule is O=C(O)C(F)S(=O)(=O)O. The lowest BCUT2D eigenvalue weighted by molar-refractivity contribution is -0.139. The predicted octanol–water partition coefficient (Wildman–Crippen LogP) is -0.746. The Bertz CT molecular complexity index is 205. The normalized spacial score (nSPS) is 14.9. The van der Waals surface area contributed by atoms with Crippen molar-refractivity contribution in [3.63, 3.8) is 0 Å². The molecule has 0 spiro atoms. The van der Waals surface area contributed by atoms with E-state index in [9.17, 15) is 17.6 Å². The summed E-state index contributed by atoms with van der Waals surface area (Å²) in [4.78, 5) is 9.43. The predicted molar refractivity (Wildman–Crippen MR) is 24.1 cm³/mol. The van der Waals surface area contributed by atoms with Crippen LogP contribution in [0.4, 0.5) is 4.39 Å². The molecule has 0 amide bonds. The topological polar surface area (TPSA) is 91.7 Å². The van der Waals surface area contributed by atoms with Gasteiger partial charge < -0.3 is 5.11 Å². The summed E-state index contributed by atoms with van der Waals surface area (Å²) < 4.78 is 38.4. The molecule has 0 rings (SSSR count). The Balaban J connectivity index is 4.43. The third-order valence-corrected chi connectivity index (χ3v) is 1.18. The van der Waals surface area contributed by atoms with Crippen molar-refractivity contribution < 1.29 is 27.3 Å². The molecule has 0 bridgehead atoms. The van der Waals surface area contributed by atoms with Crippen molar-refractivity contribution in [1.29, 1.82) is 0 Å². The van der Waals surface area contributed by atoms with Gasteiger partial charge in [-0.3, -0.25) is 4.55 Å². The van der Waals surface area contributed by atoms with E-state index in [4.69, 9.17) is 9.66 Å². The molecule has 54 valence electrons. The quantitative estimate of drug-likeness (QED) is 0.516. The van der Waals surface area contributed by atoms with Crippen molar-refractivity contribution in [2.24, 2.45) is 0 Å². The fourth-order valence-corrected chi connectivity index (χ4v) is 0.382. The third-order valence-electron chi connectivity index (χ3n) is 0.456. The van der Waals surface area contributed by atoms with Crippen molar-refractivity contribution >= 4 is 16.1 Å². The Morgan fingerprint density at radius 1 is 1.56 bits per heavy atom. The van der Waals surface area contributed by atoms with E-state index in [0.717, 1.165) is 0 Å². The molecule has 0 aliphatic carbocycles. The zero-order valence-corrected chi connectivity index (χ0v) is 4.80. The highest BCUT2D eigenvalue weighted by atomic mass is 32.2. The Morgan fingerprint density at radius 2 is 1.89 bits per heavy atom. The van der Waals surface area contributed by atoms with Gasteiger partial charge in [0.05, 0.1) is 0 Å². The highest BCUT2D eigenvalue weighted by molar-refractivity contribution is 7.87. The van der Waals surface area contributed by atoms with Gasteiger partial charge in [-0.1, -0.05) is 0 Å². The number of hydrogen-bond donors (Lipinski definition) is 2. The van der Waals surface area contributed by atoms with E-state index in [1.54, 1.807) is 0 Å². The van der Waals surface area contributed by atoms with Crippen LogP contribution in [0.15, 0.2) is 0 Å². The number of carboxylic acids is 1. The molecule has 0 aliphatic rings. The fourth-order valence-electron chi connectivity index (χ4n) is 0.127. The van der Waals surface area contributed by atoms with Crippen molar-refractivity contribution in [1.82, 2.24) is 0 Å². The molecule has 0 aromatic heterocycles. The molecule has 1 atom stereocenters. The first-order chi connectivity index (χ1) is 3.85. The Hall–Kier alpha value is -0.690. The fraction of sp³-hybridized carbons (Fsp3) is 0.500. The molecular weight excluding hydrogens is 155 g/mol. The van der Waals surface area contributed by atoms with Crippen LogP contribution in [-0.2, 0) is 14.9 Å². The number of carboxylic acid groups (broad SMARTS) is 1. The van der Waals surface area contributed by atoms with Crippen LogP contribution < -0.4 is 0 Å². The maximum absolute atomic E-state index is 11.6.